The zero-order chi connectivity index (χ0) is 45.5. The highest BCUT2D eigenvalue weighted by Gasteiger charge is 2.52. The number of imide groups is 1. The standard InChI is InChI=1S/C45H50ClF3N10O5S/c1-56-31-9-6-26(18-29(31)36-37(41(56)62)64-22-45(48,49)38(53-36)24-3-4-24)51-39-30(46)19-50-43(54-39)59-14-11-23(12-15-59)20-58-16-13-44(42(63)65,33(47)21-58)25-5-7-27-32(17-25)57(2)55-35(27)28-8-10-34(60)52-40(28)61/h5-7,9,17-19,23-24,28,33,38,42,53,63,65H,3-4,8,10-16,20-22H2,1-2H3,(H,50,51,54)(H,52,60,61)/t28?,33-,38+,42?,44+/m1/s1. The van der Waals surface area contributed by atoms with Crippen molar-refractivity contribution < 1.29 is 32.6 Å². The van der Waals surface area contributed by atoms with Crippen molar-refractivity contribution in [1.29, 1.82) is 0 Å². The van der Waals surface area contributed by atoms with E-state index in [1.807, 2.05) is 12.1 Å². The molecular weight excluding hydrogens is 885 g/mol. The normalized spacial score (nSPS) is 25.7. The summed E-state index contributed by atoms with van der Waals surface area (Å²) in [4.78, 5) is 51.3. The van der Waals surface area contributed by atoms with Gasteiger partial charge in [-0.2, -0.15) is 10.1 Å². The van der Waals surface area contributed by atoms with Crippen molar-refractivity contribution in [3.05, 3.63) is 69.2 Å². The van der Waals surface area contributed by atoms with E-state index in [4.69, 9.17) is 21.3 Å². The fourth-order valence-electron chi connectivity index (χ4n) is 10.4. The SMILES string of the molecule is Cn1nc(C2CCC(=O)NC2=O)c2ccc([C@@]3(C(O)S)CCN(CC4CCN(c5ncc(Cl)c(Nc6ccc7c(c6)c6c(c(=O)n7C)OCC(F)(F)[C@H](C7CC7)N6)n5)CC4)C[C@H]3F)cc21. The molecule has 1 aliphatic carbocycles. The number of alkyl halides is 3. The number of hydrogen-bond donors (Lipinski definition) is 5. The number of carbonyl (C=O) groups is 2. The average Bonchev–Trinajstić information content (AvgIpc) is 4.08. The van der Waals surface area contributed by atoms with E-state index >= 15 is 13.2 Å². The Bertz CT molecular complexity index is 2780. The number of fused-ring (bicyclic) bond motifs is 4. The van der Waals surface area contributed by atoms with Crippen LogP contribution in [0, 0.1) is 11.8 Å². The van der Waals surface area contributed by atoms with Gasteiger partial charge in [-0.15, -0.1) is 12.6 Å². The molecule has 1 saturated carbocycles. The van der Waals surface area contributed by atoms with Crippen molar-refractivity contribution >= 4 is 81.0 Å². The maximum Gasteiger partial charge on any atom is 0.301 e. The summed E-state index contributed by atoms with van der Waals surface area (Å²) in [5.74, 6) is -3.62. The lowest BCUT2D eigenvalue weighted by Crippen LogP contribution is -2.57. The summed E-state index contributed by atoms with van der Waals surface area (Å²) in [5.41, 5.74) is 0.214. The van der Waals surface area contributed by atoms with Gasteiger partial charge in [-0.3, -0.25) is 24.4 Å². The molecule has 0 bridgehead atoms. The van der Waals surface area contributed by atoms with Crippen LogP contribution >= 0.6 is 24.2 Å². The lowest BCUT2D eigenvalue weighted by atomic mass is 9.71. The summed E-state index contributed by atoms with van der Waals surface area (Å²) in [5, 5.41) is 26.0. The number of pyridine rings is 1. The van der Waals surface area contributed by atoms with Crippen LogP contribution in [0.3, 0.4) is 0 Å². The van der Waals surface area contributed by atoms with Crippen molar-refractivity contribution in [1.82, 2.24) is 34.5 Å². The maximum absolute atomic E-state index is 16.7. The van der Waals surface area contributed by atoms with Crippen LogP contribution in [0.4, 0.5) is 36.3 Å². The van der Waals surface area contributed by atoms with Crippen molar-refractivity contribution in [3.63, 3.8) is 0 Å². The summed E-state index contributed by atoms with van der Waals surface area (Å²) in [6, 6.07) is 9.61. The minimum absolute atomic E-state index is 0.128. The first-order valence-electron chi connectivity index (χ1n) is 22.1. The summed E-state index contributed by atoms with van der Waals surface area (Å²) < 4.78 is 55.6. The topological polar surface area (TPSA) is 172 Å². The van der Waals surface area contributed by atoms with Crippen molar-refractivity contribution in [2.24, 2.45) is 25.9 Å². The van der Waals surface area contributed by atoms with Crippen LogP contribution in [0.1, 0.15) is 62.1 Å². The maximum atomic E-state index is 16.7. The molecule has 2 aromatic carbocycles. The quantitative estimate of drug-likeness (QED) is 0.0686. The number of nitrogens with one attached hydrogen (secondary N) is 3. The highest BCUT2D eigenvalue weighted by Crippen LogP contribution is 2.47. The van der Waals surface area contributed by atoms with E-state index in [0.717, 1.165) is 18.2 Å². The van der Waals surface area contributed by atoms with Crippen molar-refractivity contribution in [2.45, 2.75) is 79.9 Å². The number of nitrogens with zero attached hydrogens (tertiary/aromatic N) is 7. The Morgan fingerprint density at radius 2 is 1.82 bits per heavy atom. The second kappa shape index (κ2) is 16.6. The number of likely N-dealkylation sites (tertiary alicyclic amines) is 1. The van der Waals surface area contributed by atoms with Gasteiger partial charge in [-0.1, -0.05) is 23.7 Å². The number of piperidine rings is 3. The van der Waals surface area contributed by atoms with E-state index in [9.17, 15) is 19.5 Å². The number of anilines is 4. The molecule has 3 saturated heterocycles. The van der Waals surface area contributed by atoms with Crippen LogP contribution in [0.5, 0.6) is 5.75 Å². The van der Waals surface area contributed by atoms with Gasteiger partial charge in [0.05, 0.1) is 46.0 Å². The van der Waals surface area contributed by atoms with Gasteiger partial charge in [-0.25, -0.2) is 18.2 Å². The van der Waals surface area contributed by atoms with E-state index in [1.165, 1.54) is 10.8 Å². The molecule has 5 atom stereocenters. The number of aliphatic hydroxyl groups excluding tert-OH is 1. The number of carbonyl (C=O) groups excluding carboxylic acids is 2. The number of halogens is 4. The van der Waals surface area contributed by atoms with Crippen LogP contribution in [-0.2, 0) is 29.1 Å². The number of hydrogen-bond acceptors (Lipinski definition) is 13. The van der Waals surface area contributed by atoms with E-state index < -0.39 is 47.1 Å². The third-order valence-electron chi connectivity index (χ3n) is 14.3. The molecule has 344 valence electrons. The smallest absolute Gasteiger partial charge is 0.301 e. The zero-order valence-corrected chi connectivity index (χ0v) is 37.5. The fraction of sp³-hybridized carbons (Fsp3) is 0.511. The van der Waals surface area contributed by atoms with E-state index in [1.54, 1.807) is 43.0 Å². The first kappa shape index (κ1) is 43.8. The zero-order valence-electron chi connectivity index (χ0n) is 35.9. The Balaban J connectivity index is 0.797. The van der Waals surface area contributed by atoms with Gasteiger partial charge in [0.25, 0.3) is 5.56 Å². The number of aryl methyl sites for hydroxylation is 2. The molecular formula is C45H50ClF3N10O5S. The van der Waals surface area contributed by atoms with Crippen LogP contribution < -0.4 is 31.1 Å². The van der Waals surface area contributed by atoms with E-state index in [-0.39, 0.29) is 53.1 Å². The van der Waals surface area contributed by atoms with Crippen molar-refractivity contribution in [2.75, 3.05) is 54.9 Å². The molecule has 0 radical (unpaired) electrons. The molecule has 0 spiro atoms. The highest BCUT2D eigenvalue weighted by atomic mass is 35.5. The molecule has 5 aromatic rings. The third kappa shape index (κ3) is 7.84. The third-order valence-corrected chi connectivity index (χ3v) is 15.0. The molecule has 15 nitrogen and oxygen atoms in total. The fourth-order valence-corrected chi connectivity index (χ4v) is 11.0. The number of amides is 2. The summed E-state index contributed by atoms with van der Waals surface area (Å²) >= 11 is 11.1. The molecule has 5 aliphatic rings. The Morgan fingerprint density at radius 1 is 1.03 bits per heavy atom. The molecule has 2 amide bonds. The lowest BCUT2D eigenvalue weighted by Gasteiger charge is -2.47. The van der Waals surface area contributed by atoms with Crippen LogP contribution in [0.2, 0.25) is 5.02 Å². The van der Waals surface area contributed by atoms with E-state index in [2.05, 4.69) is 48.5 Å². The Morgan fingerprint density at radius 3 is 2.54 bits per heavy atom. The average molecular weight is 935 g/mol. The molecule has 4 aliphatic heterocycles. The molecule has 2 unspecified atom stereocenters. The minimum Gasteiger partial charge on any atom is -0.480 e. The Labute approximate surface area is 382 Å². The Hall–Kier alpha value is -5.11. The molecule has 65 heavy (non-hydrogen) atoms. The predicted octanol–water partition coefficient (Wildman–Crippen LogP) is 5.80. The van der Waals surface area contributed by atoms with Gasteiger partial charge >= 0.3 is 5.92 Å². The van der Waals surface area contributed by atoms with Crippen LogP contribution in [0.25, 0.3) is 21.8 Å². The minimum atomic E-state index is -3.16. The number of aromatic nitrogens is 5. The van der Waals surface area contributed by atoms with Crippen LogP contribution in [0.15, 0.2) is 47.4 Å². The highest BCUT2D eigenvalue weighted by molar-refractivity contribution is 7.80. The molecule has 4 N–H and O–H groups in total. The van der Waals surface area contributed by atoms with E-state index in [0.29, 0.717) is 97.0 Å². The predicted molar refractivity (Wildman–Crippen MR) is 243 cm³/mol. The van der Waals surface area contributed by atoms with Gasteiger partial charge in [-0.05, 0) is 86.7 Å². The lowest BCUT2D eigenvalue weighted by molar-refractivity contribution is -0.134. The van der Waals surface area contributed by atoms with Gasteiger partial charge in [0.2, 0.25) is 23.5 Å². The molecule has 7 heterocycles. The Kier molecular flexibility index (Phi) is 11.2. The van der Waals surface area contributed by atoms with Gasteiger partial charge in [0, 0.05) is 63.2 Å². The second-order valence-electron chi connectivity index (χ2n) is 18.4. The summed E-state index contributed by atoms with van der Waals surface area (Å²) in [7, 11) is 3.35. The monoisotopic (exact) mass is 934 g/mol. The number of ether oxygens (including phenoxy) is 1. The second-order valence-corrected chi connectivity index (χ2v) is 19.3. The summed E-state index contributed by atoms with van der Waals surface area (Å²) in [6.07, 6.45) is 4.04. The largest absolute Gasteiger partial charge is 0.480 e. The number of aliphatic hydroxyl groups is 1. The van der Waals surface area contributed by atoms with Crippen LogP contribution in [-0.4, -0.2) is 109 Å². The first-order chi connectivity index (χ1) is 31.1. The molecule has 4 fully saturated rings. The first-order valence-corrected chi connectivity index (χ1v) is 23.0. The van der Waals surface area contributed by atoms with Crippen molar-refractivity contribution in [3.8, 4) is 5.75 Å². The number of benzene rings is 2. The number of rotatable bonds is 9. The molecule has 20 heteroatoms. The van der Waals surface area contributed by atoms with Gasteiger partial charge in [0.1, 0.15) is 16.6 Å². The van der Waals surface area contributed by atoms with Gasteiger partial charge < -0.3 is 34.8 Å². The number of thiol groups is 1. The molecule has 10 rings (SSSR count). The van der Waals surface area contributed by atoms with Gasteiger partial charge in [0.15, 0.2) is 12.4 Å². The summed E-state index contributed by atoms with van der Waals surface area (Å²) in [6.45, 7) is 1.82. The molecule has 3 aromatic heterocycles.